The van der Waals surface area contributed by atoms with E-state index in [0.29, 0.717) is 12.3 Å². The van der Waals surface area contributed by atoms with Gasteiger partial charge in [-0.1, -0.05) is 38.1 Å². The third kappa shape index (κ3) is 4.78. The SMILES string of the molecule is CCN(CC)Cc1cc(/C(C)=N/NC(=O)c2cc3ccccc3cc2O)ccc1O. The fraction of sp³-hybridized carbons (Fsp3) is 0.250. The highest BCUT2D eigenvalue weighted by Crippen LogP contribution is 2.25. The molecule has 0 bridgehead atoms. The minimum Gasteiger partial charge on any atom is -0.508 e. The number of rotatable bonds is 7. The van der Waals surface area contributed by atoms with Gasteiger partial charge in [-0.15, -0.1) is 0 Å². The highest BCUT2D eigenvalue weighted by atomic mass is 16.3. The third-order valence-electron chi connectivity index (χ3n) is 5.22. The number of hydrazone groups is 1. The Morgan fingerprint density at radius 3 is 2.30 bits per heavy atom. The summed E-state index contributed by atoms with van der Waals surface area (Å²) in [6, 6.07) is 16.0. The highest BCUT2D eigenvalue weighted by molar-refractivity contribution is 6.03. The van der Waals surface area contributed by atoms with Crippen molar-refractivity contribution in [2.45, 2.75) is 27.3 Å². The first-order valence-corrected chi connectivity index (χ1v) is 10.0. The van der Waals surface area contributed by atoms with Crippen LogP contribution in [0.1, 0.15) is 42.3 Å². The lowest BCUT2D eigenvalue weighted by molar-refractivity contribution is 0.0952. The second kappa shape index (κ2) is 9.41. The fourth-order valence-electron chi connectivity index (χ4n) is 3.29. The minimum absolute atomic E-state index is 0.0924. The summed E-state index contributed by atoms with van der Waals surface area (Å²) in [5.41, 5.74) is 4.90. The number of benzene rings is 3. The number of nitrogens with one attached hydrogen (secondary N) is 1. The van der Waals surface area contributed by atoms with Crippen LogP contribution in [0.5, 0.6) is 11.5 Å². The lowest BCUT2D eigenvalue weighted by Gasteiger charge is -2.19. The number of fused-ring (bicyclic) bond motifs is 1. The molecule has 0 radical (unpaired) electrons. The molecule has 0 unspecified atom stereocenters. The number of phenolic OH excluding ortho intramolecular Hbond substituents is 2. The maximum absolute atomic E-state index is 12.6. The molecule has 3 rings (SSSR count). The summed E-state index contributed by atoms with van der Waals surface area (Å²) < 4.78 is 0. The van der Waals surface area contributed by atoms with Gasteiger partial charge < -0.3 is 10.2 Å². The number of carbonyl (C=O) groups excluding carboxylic acids is 1. The van der Waals surface area contributed by atoms with E-state index in [1.54, 1.807) is 31.2 Å². The zero-order valence-corrected chi connectivity index (χ0v) is 17.5. The van der Waals surface area contributed by atoms with Crippen molar-refractivity contribution in [3.8, 4) is 11.5 Å². The summed E-state index contributed by atoms with van der Waals surface area (Å²) in [4.78, 5) is 14.8. The smallest absolute Gasteiger partial charge is 0.275 e. The van der Waals surface area contributed by atoms with Crippen molar-refractivity contribution in [2.24, 2.45) is 5.10 Å². The number of aromatic hydroxyl groups is 2. The maximum atomic E-state index is 12.6. The van der Waals surface area contributed by atoms with Gasteiger partial charge in [-0.3, -0.25) is 9.69 Å². The van der Waals surface area contributed by atoms with Crippen LogP contribution in [0, 0.1) is 0 Å². The maximum Gasteiger partial charge on any atom is 0.275 e. The van der Waals surface area contributed by atoms with Gasteiger partial charge in [0.05, 0.1) is 11.3 Å². The normalized spacial score (nSPS) is 11.8. The second-order valence-electron chi connectivity index (χ2n) is 7.16. The number of hydrogen-bond donors (Lipinski definition) is 3. The van der Waals surface area contributed by atoms with E-state index in [0.717, 1.165) is 35.0 Å². The van der Waals surface area contributed by atoms with Crippen LogP contribution in [0.4, 0.5) is 0 Å². The molecule has 0 aromatic heterocycles. The van der Waals surface area contributed by atoms with Gasteiger partial charge >= 0.3 is 0 Å². The Bertz CT molecular complexity index is 1090. The monoisotopic (exact) mass is 405 g/mol. The standard InChI is InChI=1S/C24H27N3O3/c1-4-27(5-2)15-20-12-17(10-11-22(20)28)16(3)25-26-24(30)21-13-18-8-6-7-9-19(18)14-23(21)29/h6-14,28-29H,4-5,15H2,1-3H3,(H,26,30)/b25-16+. The van der Waals surface area contributed by atoms with E-state index in [-0.39, 0.29) is 17.1 Å². The lowest BCUT2D eigenvalue weighted by atomic mass is 10.1. The van der Waals surface area contributed by atoms with Crippen LogP contribution < -0.4 is 5.43 Å². The quantitative estimate of drug-likeness (QED) is 0.405. The molecule has 6 nitrogen and oxygen atoms in total. The van der Waals surface area contributed by atoms with E-state index in [1.807, 2.05) is 30.3 Å². The summed E-state index contributed by atoms with van der Waals surface area (Å²) in [5.74, 6) is -0.339. The number of hydrogen-bond acceptors (Lipinski definition) is 5. The van der Waals surface area contributed by atoms with Gasteiger partial charge in [-0.25, -0.2) is 5.43 Å². The van der Waals surface area contributed by atoms with Crippen LogP contribution in [0.25, 0.3) is 10.8 Å². The molecule has 0 aliphatic rings. The summed E-state index contributed by atoms with van der Waals surface area (Å²) >= 11 is 0. The molecule has 0 saturated carbocycles. The molecule has 0 aliphatic carbocycles. The van der Waals surface area contributed by atoms with Crippen LogP contribution in [0.15, 0.2) is 59.7 Å². The van der Waals surface area contributed by atoms with E-state index in [4.69, 9.17) is 0 Å². The molecule has 0 heterocycles. The summed E-state index contributed by atoms with van der Waals surface area (Å²) in [7, 11) is 0. The van der Waals surface area contributed by atoms with Crippen molar-refractivity contribution in [3.63, 3.8) is 0 Å². The van der Waals surface area contributed by atoms with Crippen molar-refractivity contribution in [1.82, 2.24) is 10.3 Å². The average molecular weight is 405 g/mol. The Kier molecular flexibility index (Phi) is 6.69. The van der Waals surface area contributed by atoms with Crippen LogP contribution in [0.3, 0.4) is 0 Å². The number of carbonyl (C=O) groups is 1. The van der Waals surface area contributed by atoms with Crippen LogP contribution in [-0.2, 0) is 6.54 Å². The number of amides is 1. The Morgan fingerprint density at radius 1 is 0.967 bits per heavy atom. The molecule has 0 saturated heterocycles. The second-order valence-corrected chi connectivity index (χ2v) is 7.16. The third-order valence-corrected chi connectivity index (χ3v) is 5.22. The Hall–Kier alpha value is -3.38. The fourth-order valence-corrected chi connectivity index (χ4v) is 3.29. The molecule has 3 aromatic carbocycles. The van der Waals surface area contributed by atoms with Crippen LogP contribution >= 0.6 is 0 Å². The average Bonchev–Trinajstić information content (AvgIpc) is 2.76. The molecular formula is C24H27N3O3. The van der Waals surface area contributed by atoms with Gasteiger partial charge in [-0.05, 0) is 66.7 Å². The summed E-state index contributed by atoms with van der Waals surface area (Å²) in [5, 5.41) is 26.3. The number of nitrogens with zero attached hydrogens (tertiary/aromatic N) is 2. The van der Waals surface area contributed by atoms with Gasteiger partial charge in [0.1, 0.15) is 11.5 Å². The lowest BCUT2D eigenvalue weighted by Crippen LogP contribution is -2.22. The van der Waals surface area contributed by atoms with Crippen molar-refractivity contribution < 1.29 is 15.0 Å². The highest BCUT2D eigenvalue weighted by Gasteiger charge is 2.13. The van der Waals surface area contributed by atoms with Crippen LogP contribution in [0.2, 0.25) is 0 Å². The molecule has 0 spiro atoms. The predicted molar refractivity (Wildman–Crippen MR) is 120 cm³/mol. The van der Waals surface area contributed by atoms with Gasteiger partial charge in [0.2, 0.25) is 0 Å². The van der Waals surface area contributed by atoms with Crippen molar-refractivity contribution in [1.29, 1.82) is 0 Å². The molecule has 3 N–H and O–H groups in total. The molecule has 30 heavy (non-hydrogen) atoms. The van der Waals surface area contributed by atoms with Gasteiger partial charge in [0.15, 0.2) is 0 Å². The van der Waals surface area contributed by atoms with Gasteiger partial charge in [0.25, 0.3) is 5.91 Å². The van der Waals surface area contributed by atoms with E-state index in [1.165, 1.54) is 0 Å². The van der Waals surface area contributed by atoms with Gasteiger partial charge in [-0.2, -0.15) is 5.10 Å². The zero-order valence-electron chi connectivity index (χ0n) is 17.5. The molecule has 6 heteroatoms. The zero-order chi connectivity index (χ0) is 21.7. The molecule has 156 valence electrons. The largest absolute Gasteiger partial charge is 0.508 e. The van der Waals surface area contributed by atoms with E-state index in [9.17, 15) is 15.0 Å². The topological polar surface area (TPSA) is 85.2 Å². The summed E-state index contributed by atoms with van der Waals surface area (Å²) in [6.07, 6.45) is 0. The first-order valence-electron chi connectivity index (χ1n) is 10.0. The number of phenols is 2. The summed E-state index contributed by atoms with van der Waals surface area (Å²) in [6.45, 7) is 8.35. The minimum atomic E-state index is -0.486. The first-order chi connectivity index (χ1) is 14.4. The van der Waals surface area contributed by atoms with Crippen molar-refractivity contribution in [3.05, 3.63) is 71.3 Å². The molecule has 1 amide bonds. The predicted octanol–water partition coefficient (Wildman–Crippen LogP) is 4.25. The molecule has 0 atom stereocenters. The Labute approximate surface area is 176 Å². The Morgan fingerprint density at radius 2 is 1.63 bits per heavy atom. The molecule has 0 aliphatic heterocycles. The molecule has 3 aromatic rings. The van der Waals surface area contributed by atoms with E-state index in [2.05, 4.69) is 29.3 Å². The van der Waals surface area contributed by atoms with E-state index >= 15 is 0 Å². The first kappa shape index (κ1) is 21.3. The molecular weight excluding hydrogens is 378 g/mol. The molecule has 0 fully saturated rings. The van der Waals surface area contributed by atoms with Crippen molar-refractivity contribution in [2.75, 3.05) is 13.1 Å². The van der Waals surface area contributed by atoms with Gasteiger partial charge in [0, 0.05) is 12.1 Å². The van der Waals surface area contributed by atoms with E-state index < -0.39 is 5.91 Å². The Balaban J connectivity index is 1.79. The van der Waals surface area contributed by atoms with Crippen molar-refractivity contribution >= 4 is 22.4 Å². The van der Waals surface area contributed by atoms with Crippen LogP contribution in [-0.4, -0.2) is 39.8 Å².